The predicted molar refractivity (Wildman–Crippen MR) is 105 cm³/mol. The van der Waals surface area contributed by atoms with Gasteiger partial charge in [0.05, 0.1) is 29.3 Å². The molecule has 0 aromatic carbocycles. The van der Waals surface area contributed by atoms with Gasteiger partial charge in [-0.1, -0.05) is 6.07 Å². The average Bonchev–Trinajstić information content (AvgIpc) is 3.22. The van der Waals surface area contributed by atoms with Crippen LogP contribution in [0.1, 0.15) is 31.3 Å². The predicted octanol–water partition coefficient (Wildman–Crippen LogP) is 2.54. The van der Waals surface area contributed by atoms with Crippen LogP contribution in [0.25, 0.3) is 22.0 Å². The maximum Gasteiger partial charge on any atom is 0.292 e. The van der Waals surface area contributed by atoms with Crippen LogP contribution in [0.3, 0.4) is 0 Å². The molecule has 4 aromatic heterocycles. The Morgan fingerprint density at radius 2 is 2.18 bits per heavy atom. The maximum atomic E-state index is 13.1. The molecule has 0 radical (unpaired) electrons. The van der Waals surface area contributed by atoms with Crippen molar-refractivity contribution in [2.24, 2.45) is 0 Å². The van der Waals surface area contributed by atoms with Gasteiger partial charge in [-0.2, -0.15) is 5.10 Å². The van der Waals surface area contributed by atoms with Crippen molar-refractivity contribution in [3.8, 4) is 0 Å². The van der Waals surface area contributed by atoms with E-state index < -0.39 is 6.04 Å². The minimum Gasteiger partial charge on any atom is -0.459 e. The molecular weight excluding hydrogens is 358 g/mol. The summed E-state index contributed by atoms with van der Waals surface area (Å²) in [5.74, 6) is 0.481. The normalized spacial score (nSPS) is 12.5. The number of hydrogen-bond acceptors (Lipinski definition) is 5. The second kappa shape index (κ2) is 6.95. The first-order valence-corrected chi connectivity index (χ1v) is 9.19. The second-order valence-corrected chi connectivity index (χ2v) is 6.69. The Bertz CT molecular complexity index is 1220. The van der Waals surface area contributed by atoms with E-state index in [9.17, 15) is 9.59 Å². The van der Waals surface area contributed by atoms with Crippen LogP contribution in [0, 0.1) is 6.92 Å². The molecule has 0 aliphatic carbocycles. The van der Waals surface area contributed by atoms with Crippen molar-refractivity contribution < 1.29 is 9.21 Å². The van der Waals surface area contributed by atoms with E-state index >= 15 is 0 Å². The van der Waals surface area contributed by atoms with E-state index in [1.807, 2.05) is 42.7 Å². The first-order valence-electron chi connectivity index (χ1n) is 9.19. The molecule has 8 heteroatoms. The van der Waals surface area contributed by atoms with Crippen LogP contribution in [0.4, 0.5) is 0 Å². The van der Waals surface area contributed by atoms with E-state index in [-0.39, 0.29) is 11.5 Å². The van der Waals surface area contributed by atoms with E-state index in [0.717, 1.165) is 17.0 Å². The molecule has 0 aliphatic heterocycles. The van der Waals surface area contributed by atoms with Crippen molar-refractivity contribution in [3.05, 3.63) is 58.5 Å². The molecule has 0 saturated heterocycles. The molecule has 1 amide bonds. The van der Waals surface area contributed by atoms with Crippen LogP contribution in [0.2, 0.25) is 0 Å². The molecule has 4 rings (SSSR count). The highest BCUT2D eigenvalue weighted by atomic mass is 16.3. The fourth-order valence-electron chi connectivity index (χ4n) is 3.44. The molecular formula is C20H21N5O3. The Balaban J connectivity index is 1.69. The Morgan fingerprint density at radius 3 is 2.89 bits per heavy atom. The number of hydrogen-bond donors (Lipinski definition) is 1. The van der Waals surface area contributed by atoms with Crippen LogP contribution in [0.5, 0.6) is 0 Å². The second-order valence-electron chi connectivity index (χ2n) is 6.69. The van der Waals surface area contributed by atoms with Crippen molar-refractivity contribution in [1.29, 1.82) is 0 Å². The molecule has 0 aliphatic rings. The van der Waals surface area contributed by atoms with Crippen molar-refractivity contribution >= 4 is 27.9 Å². The summed E-state index contributed by atoms with van der Waals surface area (Å²) in [6.07, 6.45) is 3.26. The third kappa shape index (κ3) is 2.87. The molecule has 0 unspecified atom stereocenters. The first-order chi connectivity index (χ1) is 13.5. The fraction of sp³-hybridized carbons (Fsp3) is 0.300. The number of carbonyl (C=O) groups is 1. The van der Waals surface area contributed by atoms with Gasteiger partial charge in [0, 0.05) is 18.8 Å². The number of furan rings is 1. The zero-order valence-electron chi connectivity index (χ0n) is 16.0. The number of nitrogens with one attached hydrogen (secondary N) is 1. The Morgan fingerprint density at radius 1 is 1.36 bits per heavy atom. The topological polar surface area (TPSA) is 94.9 Å². The Kier molecular flexibility index (Phi) is 4.46. The highest BCUT2D eigenvalue weighted by Crippen LogP contribution is 2.29. The van der Waals surface area contributed by atoms with Crippen molar-refractivity contribution in [1.82, 2.24) is 24.6 Å². The van der Waals surface area contributed by atoms with Gasteiger partial charge in [-0.3, -0.25) is 14.6 Å². The number of fused-ring (bicyclic) bond motifs is 3. The first kappa shape index (κ1) is 18.0. The van der Waals surface area contributed by atoms with Gasteiger partial charge in [0.25, 0.3) is 5.56 Å². The summed E-state index contributed by atoms with van der Waals surface area (Å²) in [7, 11) is 0. The zero-order valence-corrected chi connectivity index (χ0v) is 16.0. The summed E-state index contributed by atoms with van der Waals surface area (Å²) in [6.45, 7) is 6.39. The molecule has 144 valence electrons. The summed E-state index contributed by atoms with van der Waals surface area (Å²) >= 11 is 0. The van der Waals surface area contributed by atoms with Crippen LogP contribution in [0.15, 0.2) is 45.9 Å². The number of nitrogens with zero attached hydrogens (tertiary/aromatic N) is 4. The number of aryl methyl sites for hydroxylation is 2. The molecule has 8 nitrogen and oxygen atoms in total. The molecule has 28 heavy (non-hydrogen) atoms. The summed E-state index contributed by atoms with van der Waals surface area (Å²) in [4.78, 5) is 29.9. The van der Waals surface area contributed by atoms with Crippen molar-refractivity contribution in [2.75, 3.05) is 0 Å². The van der Waals surface area contributed by atoms with Gasteiger partial charge in [-0.25, -0.2) is 4.68 Å². The monoisotopic (exact) mass is 379 g/mol. The number of amides is 1. The van der Waals surface area contributed by atoms with Gasteiger partial charge in [0.2, 0.25) is 5.91 Å². The van der Waals surface area contributed by atoms with Gasteiger partial charge >= 0.3 is 0 Å². The van der Waals surface area contributed by atoms with E-state index in [2.05, 4.69) is 15.4 Å². The average molecular weight is 379 g/mol. The zero-order chi connectivity index (χ0) is 19.8. The van der Waals surface area contributed by atoms with E-state index in [1.165, 1.54) is 4.68 Å². The Hall–Kier alpha value is -3.42. The molecule has 0 spiro atoms. The standard InChI is InChI=1S/C20H21N5O3/c1-4-24-16-9-12(2)28-18(16)15-11-23-25(20(27)17(15)24)13(3)19(26)22-10-14-7-5-6-8-21-14/h5-9,11,13H,4,10H2,1-3H3,(H,22,26)/t13-/m1/s1. The molecule has 4 heterocycles. The molecule has 1 atom stereocenters. The lowest BCUT2D eigenvalue weighted by Crippen LogP contribution is -2.37. The van der Waals surface area contributed by atoms with Crippen LogP contribution in [-0.2, 0) is 17.9 Å². The largest absolute Gasteiger partial charge is 0.459 e. The molecule has 0 saturated carbocycles. The lowest BCUT2D eigenvalue weighted by molar-refractivity contribution is -0.124. The third-order valence-corrected chi connectivity index (χ3v) is 4.85. The summed E-state index contributed by atoms with van der Waals surface area (Å²) in [5.41, 5.74) is 2.44. The molecule has 1 N–H and O–H groups in total. The lowest BCUT2D eigenvalue weighted by Gasteiger charge is -2.14. The SMILES string of the molecule is CCn1c2cc(C)oc2c2cnn([C@H](C)C(=O)NCc3ccccn3)c(=O)c21. The van der Waals surface area contributed by atoms with Gasteiger partial charge in [-0.05, 0) is 32.9 Å². The van der Waals surface area contributed by atoms with Gasteiger partial charge in [0.1, 0.15) is 17.3 Å². The van der Waals surface area contributed by atoms with Gasteiger partial charge in [-0.15, -0.1) is 0 Å². The molecule has 4 aromatic rings. The molecule has 0 bridgehead atoms. The smallest absolute Gasteiger partial charge is 0.292 e. The maximum absolute atomic E-state index is 13.1. The van der Waals surface area contributed by atoms with E-state index in [4.69, 9.17) is 4.42 Å². The number of pyridine rings is 1. The van der Waals surface area contributed by atoms with Crippen LogP contribution < -0.4 is 10.9 Å². The lowest BCUT2D eigenvalue weighted by atomic mass is 10.3. The fourth-order valence-corrected chi connectivity index (χ4v) is 3.44. The molecule has 0 fully saturated rings. The third-order valence-electron chi connectivity index (χ3n) is 4.85. The van der Waals surface area contributed by atoms with Crippen LogP contribution >= 0.6 is 0 Å². The van der Waals surface area contributed by atoms with Crippen molar-refractivity contribution in [2.45, 2.75) is 39.9 Å². The van der Waals surface area contributed by atoms with E-state index in [1.54, 1.807) is 19.3 Å². The summed E-state index contributed by atoms with van der Waals surface area (Å²) < 4.78 is 8.88. The minimum atomic E-state index is -0.756. The minimum absolute atomic E-state index is 0.290. The summed E-state index contributed by atoms with van der Waals surface area (Å²) in [5, 5.41) is 7.71. The quantitative estimate of drug-likeness (QED) is 0.575. The number of carbonyl (C=O) groups excluding carboxylic acids is 1. The number of aromatic nitrogens is 4. The summed E-state index contributed by atoms with van der Waals surface area (Å²) in [6, 6.07) is 6.65. The van der Waals surface area contributed by atoms with E-state index in [0.29, 0.717) is 29.6 Å². The van der Waals surface area contributed by atoms with Crippen molar-refractivity contribution in [3.63, 3.8) is 0 Å². The number of rotatable bonds is 5. The van der Waals surface area contributed by atoms with Gasteiger partial charge < -0.3 is 14.3 Å². The highest BCUT2D eigenvalue weighted by molar-refractivity contribution is 6.04. The van der Waals surface area contributed by atoms with Gasteiger partial charge in [0.15, 0.2) is 5.58 Å². The Labute approximate surface area is 160 Å². The van der Waals surface area contributed by atoms with Crippen LogP contribution in [-0.4, -0.2) is 25.2 Å². The highest BCUT2D eigenvalue weighted by Gasteiger charge is 2.23.